The van der Waals surface area contributed by atoms with Gasteiger partial charge in [-0.05, 0) is 31.9 Å². The number of nitrogens with two attached hydrogens (primary N) is 1. The first-order valence-corrected chi connectivity index (χ1v) is 7.03. The van der Waals surface area contributed by atoms with Gasteiger partial charge in [0.2, 0.25) is 0 Å². The summed E-state index contributed by atoms with van der Waals surface area (Å²) in [5.41, 5.74) is 7.36. The molecule has 20 heavy (non-hydrogen) atoms. The van der Waals surface area contributed by atoms with Crippen molar-refractivity contribution in [2.45, 2.75) is 19.8 Å². The van der Waals surface area contributed by atoms with Gasteiger partial charge in [-0.15, -0.1) is 0 Å². The number of pyridine rings is 1. The van der Waals surface area contributed by atoms with Crippen molar-refractivity contribution in [1.29, 1.82) is 0 Å². The summed E-state index contributed by atoms with van der Waals surface area (Å²) in [6, 6.07) is 3.75. The number of hydrogen-bond acceptors (Lipinski definition) is 5. The van der Waals surface area contributed by atoms with Crippen LogP contribution in [0.4, 0.5) is 5.82 Å². The van der Waals surface area contributed by atoms with E-state index in [0.29, 0.717) is 11.5 Å². The van der Waals surface area contributed by atoms with Gasteiger partial charge in [0.1, 0.15) is 10.8 Å². The van der Waals surface area contributed by atoms with Gasteiger partial charge >= 0.3 is 5.97 Å². The summed E-state index contributed by atoms with van der Waals surface area (Å²) >= 11 is 5.02. The number of methoxy groups -OCH3 is 1. The molecule has 0 aliphatic carbocycles. The van der Waals surface area contributed by atoms with Crippen LogP contribution < -0.4 is 10.6 Å². The Balaban J connectivity index is 2.22. The minimum absolute atomic E-state index is 0.0932. The number of esters is 1. The molecule has 0 amide bonds. The number of nitrogens with zero attached hydrogens (tertiary/aromatic N) is 2. The predicted molar refractivity (Wildman–Crippen MR) is 81.8 cm³/mol. The van der Waals surface area contributed by atoms with E-state index >= 15 is 0 Å². The van der Waals surface area contributed by atoms with E-state index in [4.69, 9.17) is 22.7 Å². The monoisotopic (exact) mass is 293 g/mol. The lowest BCUT2D eigenvalue weighted by Gasteiger charge is -2.32. The van der Waals surface area contributed by atoms with Crippen LogP contribution in [-0.2, 0) is 9.53 Å². The predicted octanol–water partition coefficient (Wildman–Crippen LogP) is 1.41. The van der Waals surface area contributed by atoms with E-state index < -0.39 is 0 Å². The summed E-state index contributed by atoms with van der Waals surface area (Å²) in [6.45, 7) is 3.41. The second-order valence-corrected chi connectivity index (χ2v) is 5.47. The minimum atomic E-state index is -0.156. The first kappa shape index (κ1) is 14.7. The Morgan fingerprint density at radius 3 is 2.95 bits per heavy atom. The smallest absolute Gasteiger partial charge is 0.310 e. The highest BCUT2D eigenvalue weighted by Gasteiger charge is 2.27. The highest BCUT2D eigenvalue weighted by molar-refractivity contribution is 7.80. The molecule has 1 aromatic heterocycles. The molecule has 2 heterocycles. The molecule has 1 aromatic rings. The summed E-state index contributed by atoms with van der Waals surface area (Å²) in [4.78, 5) is 18.7. The fourth-order valence-corrected chi connectivity index (χ4v) is 2.62. The van der Waals surface area contributed by atoms with Crippen molar-refractivity contribution >= 4 is 29.0 Å². The highest BCUT2D eigenvalue weighted by Crippen LogP contribution is 2.23. The van der Waals surface area contributed by atoms with Gasteiger partial charge in [-0.2, -0.15) is 0 Å². The van der Waals surface area contributed by atoms with Crippen LogP contribution in [0.1, 0.15) is 24.1 Å². The largest absolute Gasteiger partial charge is 0.469 e. The Labute approximate surface area is 124 Å². The lowest BCUT2D eigenvalue weighted by molar-refractivity contribution is -0.145. The molecule has 1 aliphatic rings. The van der Waals surface area contributed by atoms with Crippen molar-refractivity contribution < 1.29 is 9.53 Å². The van der Waals surface area contributed by atoms with E-state index in [-0.39, 0.29) is 11.9 Å². The average Bonchev–Trinajstić information content (AvgIpc) is 2.45. The quantitative estimate of drug-likeness (QED) is 0.671. The fourth-order valence-electron chi connectivity index (χ4n) is 2.50. The Hall–Kier alpha value is -1.69. The fraction of sp³-hybridized carbons (Fsp3) is 0.500. The molecule has 1 atom stereocenters. The average molecular weight is 293 g/mol. The van der Waals surface area contributed by atoms with E-state index in [1.807, 2.05) is 19.1 Å². The maximum atomic E-state index is 11.7. The van der Waals surface area contributed by atoms with E-state index in [0.717, 1.165) is 36.5 Å². The van der Waals surface area contributed by atoms with Crippen molar-refractivity contribution in [1.82, 2.24) is 4.98 Å². The van der Waals surface area contributed by atoms with Crippen LogP contribution in [0.15, 0.2) is 12.1 Å². The molecule has 0 bridgehead atoms. The Morgan fingerprint density at radius 1 is 1.55 bits per heavy atom. The lowest BCUT2D eigenvalue weighted by Crippen LogP contribution is -2.39. The highest BCUT2D eigenvalue weighted by atomic mass is 32.1. The molecular weight excluding hydrogens is 274 g/mol. The molecule has 0 aromatic carbocycles. The number of ether oxygens (including phenoxy) is 1. The van der Waals surface area contributed by atoms with Gasteiger partial charge in [-0.25, -0.2) is 4.98 Å². The van der Waals surface area contributed by atoms with Crippen molar-refractivity contribution in [3.05, 3.63) is 23.4 Å². The van der Waals surface area contributed by atoms with E-state index in [2.05, 4.69) is 9.88 Å². The maximum absolute atomic E-state index is 11.7. The molecule has 1 aliphatic heterocycles. The first-order chi connectivity index (χ1) is 9.51. The topological polar surface area (TPSA) is 68.5 Å². The Kier molecular flexibility index (Phi) is 4.54. The van der Waals surface area contributed by atoms with Crippen molar-refractivity contribution in [2.24, 2.45) is 11.7 Å². The van der Waals surface area contributed by atoms with E-state index in [1.165, 1.54) is 7.11 Å². The summed E-state index contributed by atoms with van der Waals surface area (Å²) in [6.07, 6.45) is 1.80. The molecule has 0 radical (unpaired) electrons. The zero-order valence-electron chi connectivity index (χ0n) is 11.8. The number of piperidine rings is 1. The number of carbonyl (C=O) groups excluding carboxylic acids is 1. The van der Waals surface area contributed by atoms with Crippen LogP contribution in [0, 0.1) is 12.8 Å². The number of aryl methyl sites for hydroxylation is 1. The van der Waals surface area contributed by atoms with Crippen molar-refractivity contribution in [3.63, 3.8) is 0 Å². The molecule has 2 N–H and O–H groups in total. The molecule has 1 saturated heterocycles. The summed E-state index contributed by atoms with van der Waals surface area (Å²) in [5, 5.41) is 0. The van der Waals surface area contributed by atoms with Crippen LogP contribution in [0.2, 0.25) is 0 Å². The second kappa shape index (κ2) is 6.17. The van der Waals surface area contributed by atoms with Gasteiger partial charge < -0.3 is 15.4 Å². The summed E-state index contributed by atoms with van der Waals surface area (Å²) < 4.78 is 4.83. The SMILES string of the molecule is COC(=O)C1CCCN(c2cc(C(N)=S)cc(C)n2)C1. The van der Waals surface area contributed by atoms with Crippen LogP contribution in [0.25, 0.3) is 0 Å². The number of thiocarbonyl (C=S) groups is 1. The van der Waals surface area contributed by atoms with Gasteiger partial charge in [-0.3, -0.25) is 4.79 Å². The molecule has 0 spiro atoms. The third kappa shape index (κ3) is 3.25. The first-order valence-electron chi connectivity index (χ1n) is 6.62. The number of rotatable bonds is 3. The normalized spacial score (nSPS) is 18.7. The lowest BCUT2D eigenvalue weighted by atomic mass is 9.98. The zero-order valence-corrected chi connectivity index (χ0v) is 12.6. The van der Waals surface area contributed by atoms with Gasteiger partial charge in [0.25, 0.3) is 0 Å². The summed E-state index contributed by atoms with van der Waals surface area (Å²) in [5.74, 6) is 0.572. The third-order valence-corrected chi connectivity index (χ3v) is 3.74. The van der Waals surface area contributed by atoms with Crippen LogP contribution in [0.3, 0.4) is 0 Å². The Morgan fingerprint density at radius 2 is 2.30 bits per heavy atom. The molecule has 0 saturated carbocycles. The number of hydrogen-bond donors (Lipinski definition) is 1. The molecular formula is C14H19N3O2S. The van der Waals surface area contributed by atoms with Crippen molar-refractivity contribution in [2.75, 3.05) is 25.1 Å². The summed E-state index contributed by atoms with van der Waals surface area (Å²) in [7, 11) is 1.43. The number of aromatic nitrogens is 1. The van der Waals surface area contributed by atoms with Gasteiger partial charge in [0.05, 0.1) is 13.0 Å². The minimum Gasteiger partial charge on any atom is -0.469 e. The van der Waals surface area contributed by atoms with Crippen LogP contribution in [0.5, 0.6) is 0 Å². The van der Waals surface area contributed by atoms with Gasteiger partial charge in [0.15, 0.2) is 0 Å². The standard InChI is InChI=1S/C14H19N3O2S/c1-9-6-11(13(15)20)7-12(16-9)17-5-3-4-10(8-17)14(18)19-2/h6-7,10H,3-5,8H2,1-2H3,(H2,15,20). The number of anilines is 1. The van der Waals surface area contributed by atoms with E-state index in [9.17, 15) is 4.79 Å². The Bertz CT molecular complexity index is 533. The van der Waals surface area contributed by atoms with Gasteiger partial charge in [0, 0.05) is 24.3 Å². The van der Waals surface area contributed by atoms with E-state index in [1.54, 1.807) is 0 Å². The maximum Gasteiger partial charge on any atom is 0.310 e. The van der Waals surface area contributed by atoms with Crippen LogP contribution in [-0.4, -0.2) is 36.1 Å². The number of carbonyl (C=O) groups is 1. The van der Waals surface area contributed by atoms with Crippen molar-refractivity contribution in [3.8, 4) is 0 Å². The molecule has 5 nitrogen and oxygen atoms in total. The molecule has 1 unspecified atom stereocenters. The van der Waals surface area contributed by atoms with Gasteiger partial charge in [-0.1, -0.05) is 12.2 Å². The van der Waals surface area contributed by atoms with Crippen LogP contribution >= 0.6 is 12.2 Å². The molecule has 1 fully saturated rings. The third-order valence-electron chi connectivity index (χ3n) is 3.50. The molecule has 2 rings (SSSR count). The second-order valence-electron chi connectivity index (χ2n) is 5.03. The zero-order chi connectivity index (χ0) is 14.7. The molecule has 108 valence electrons. The molecule has 6 heteroatoms.